The molecular weight excluding hydrogens is 993 g/mol. The van der Waals surface area contributed by atoms with Crippen LogP contribution in [0.2, 0.25) is 0 Å². The van der Waals surface area contributed by atoms with Crippen LogP contribution in [-0.2, 0) is 20.4 Å². The fourth-order valence-corrected chi connectivity index (χ4v) is 25.7. The van der Waals surface area contributed by atoms with Crippen LogP contribution in [0.15, 0.2) is 15.6 Å². The summed E-state index contributed by atoms with van der Waals surface area (Å²) in [5, 5.41) is 2.70. The summed E-state index contributed by atoms with van der Waals surface area (Å²) in [6.07, 6.45) is 0. The molecule has 326 valence electrons. The average Bonchev–Trinajstić information content (AvgIpc) is 3.49. The first-order valence-electron chi connectivity index (χ1n) is 19.7. The van der Waals surface area contributed by atoms with Crippen molar-refractivity contribution in [3.63, 3.8) is 0 Å². The van der Waals surface area contributed by atoms with Crippen LogP contribution in [0.5, 0.6) is 0 Å². The van der Waals surface area contributed by atoms with Crippen molar-refractivity contribution in [1.82, 2.24) is 0 Å². The molecule has 0 nitrogen and oxygen atoms in total. The largest absolute Gasteiger partial charge is 2.00 e. The van der Waals surface area contributed by atoms with Crippen molar-refractivity contribution in [2.24, 2.45) is 0 Å². The van der Waals surface area contributed by atoms with Gasteiger partial charge in [0.1, 0.15) is 0 Å². The summed E-state index contributed by atoms with van der Waals surface area (Å²) in [5.41, 5.74) is 10.7. The van der Waals surface area contributed by atoms with Crippen LogP contribution >= 0.6 is 54.4 Å². The SMILES string of the molecule is CC(C)(C)P(C(C)(C)C)C(C)(C)C.CC(C)(C)P(C(C)(C)C)C(C)(C)C.CC1=C(C)C(C)c2c1sc(C)c2Br.CC1=C(C)C(C)c2c1sc(C)c2C.[Br-].[CH3-].[Mg+2].[Pd]. The van der Waals surface area contributed by atoms with E-state index in [0.29, 0.717) is 42.8 Å². The van der Waals surface area contributed by atoms with Gasteiger partial charge >= 0.3 is 23.1 Å². The van der Waals surface area contributed by atoms with Gasteiger partial charge in [0.2, 0.25) is 0 Å². The number of aryl methyl sites for hydroxylation is 2. The summed E-state index contributed by atoms with van der Waals surface area (Å²) in [7, 11) is 0.0324. The van der Waals surface area contributed by atoms with Crippen LogP contribution in [0.4, 0.5) is 0 Å². The molecule has 8 heteroatoms. The minimum atomic E-state index is 0. The minimum Gasteiger partial charge on any atom is -1.00 e. The maximum absolute atomic E-state index is 3.68. The summed E-state index contributed by atoms with van der Waals surface area (Å²) < 4.78 is 1.33. The van der Waals surface area contributed by atoms with Gasteiger partial charge in [-0.1, -0.05) is 165 Å². The summed E-state index contributed by atoms with van der Waals surface area (Å²) >= 11 is 7.56. The maximum Gasteiger partial charge on any atom is 2.00 e. The normalized spacial score (nSPS) is 16.9. The van der Waals surface area contributed by atoms with Gasteiger partial charge in [-0.3, -0.25) is 0 Å². The van der Waals surface area contributed by atoms with E-state index in [2.05, 4.69) is 203 Å². The van der Waals surface area contributed by atoms with Crippen molar-refractivity contribution in [3.8, 4) is 0 Å². The molecule has 2 aliphatic rings. The van der Waals surface area contributed by atoms with Crippen LogP contribution in [0, 0.1) is 28.2 Å². The van der Waals surface area contributed by atoms with Crippen molar-refractivity contribution >= 4 is 88.6 Å². The van der Waals surface area contributed by atoms with E-state index < -0.39 is 0 Å². The molecule has 0 fully saturated rings. The zero-order valence-corrected chi connectivity index (χ0v) is 51.2. The Balaban J connectivity index is -0.000000314. The second-order valence-corrected chi connectivity index (χ2v) is 34.1. The number of rotatable bonds is 0. The van der Waals surface area contributed by atoms with E-state index in [9.17, 15) is 0 Å². The van der Waals surface area contributed by atoms with Gasteiger partial charge in [-0.2, -0.15) is 0 Å². The van der Waals surface area contributed by atoms with Gasteiger partial charge in [-0.05, 0) is 123 Å². The zero-order chi connectivity index (χ0) is 41.7. The Bertz CT molecular complexity index is 1420. The molecule has 0 radical (unpaired) electrons. The predicted octanol–water partition coefficient (Wildman–Crippen LogP) is 15.8. The molecule has 4 rings (SSSR count). The van der Waals surface area contributed by atoms with Gasteiger partial charge in [-0.25, -0.2) is 0 Å². The summed E-state index contributed by atoms with van der Waals surface area (Å²) in [4.78, 5) is 5.93. The minimum absolute atomic E-state index is 0. The van der Waals surface area contributed by atoms with Crippen LogP contribution in [0.25, 0.3) is 11.1 Å². The summed E-state index contributed by atoms with van der Waals surface area (Å²) in [6.45, 7) is 63.2. The number of allylic oxidation sites excluding steroid dienone is 4. The first kappa shape index (κ1) is 64.8. The second kappa shape index (κ2) is 23.2. The van der Waals surface area contributed by atoms with Gasteiger partial charge in [0.05, 0.1) is 0 Å². The molecule has 0 amide bonds. The fourth-order valence-electron chi connectivity index (χ4n) is 10.1. The van der Waals surface area contributed by atoms with E-state index in [4.69, 9.17) is 0 Å². The molecule has 56 heavy (non-hydrogen) atoms. The van der Waals surface area contributed by atoms with Crippen LogP contribution in [-0.4, -0.2) is 54.0 Å². The van der Waals surface area contributed by atoms with Crippen molar-refractivity contribution in [2.75, 3.05) is 0 Å². The number of hydrogen-bond acceptors (Lipinski definition) is 2. The molecule has 0 aromatic carbocycles. The monoisotopic (exact) mass is 1080 g/mol. The molecule has 2 heterocycles. The molecule has 0 aliphatic heterocycles. The standard InChI is InChI=1S/2C12H27P.C12H16S.C11H13BrS.CH3.BrH.Mg.Pd/c2*1-10(2,3)13(11(4,5)6)12(7,8)9;1-6-7(2)11-9(4)10(5)13-12(11)8(6)3;1-5-6(2)9-10(12)8(4)13-11(9)7(5)3;;;;/h2*1-9H3;7H,1-5H3;6H,1-4H3;1H3;1H;;/q;;;;-1;;+2;/p-1. The third kappa shape index (κ3) is 16.4. The molecule has 0 spiro atoms. The quantitative estimate of drug-likeness (QED) is 0.140. The van der Waals surface area contributed by atoms with Crippen LogP contribution < -0.4 is 17.0 Å². The third-order valence-corrected chi connectivity index (χ3v) is 22.4. The van der Waals surface area contributed by atoms with E-state index >= 15 is 0 Å². The van der Waals surface area contributed by atoms with E-state index in [1.807, 2.05) is 22.7 Å². The molecule has 2 unspecified atom stereocenters. The molecule has 2 aliphatic carbocycles. The van der Waals surface area contributed by atoms with E-state index in [-0.39, 0.29) is 83.7 Å². The van der Waals surface area contributed by atoms with E-state index in [0.717, 1.165) is 0 Å². The van der Waals surface area contributed by atoms with Crippen LogP contribution in [0.3, 0.4) is 0 Å². The molecule has 0 N–H and O–H groups in total. The number of fused-ring (bicyclic) bond motifs is 2. The zero-order valence-electron chi connectivity index (χ0n) is 41.6. The molecular formula is C48H86Br2MgP2PdS2. The first-order chi connectivity index (χ1) is 22.8. The third-order valence-electron chi connectivity index (χ3n) is 10.5. The van der Waals surface area contributed by atoms with E-state index in [1.54, 1.807) is 16.0 Å². The topological polar surface area (TPSA) is 0 Å². The molecule has 0 bridgehead atoms. The summed E-state index contributed by atoms with van der Waals surface area (Å²) in [6, 6.07) is 0. The number of thiophene rings is 2. The van der Waals surface area contributed by atoms with Gasteiger partial charge in [0.15, 0.2) is 0 Å². The number of hydrogen-bond donors (Lipinski definition) is 0. The number of halogens is 2. The Morgan fingerprint density at radius 1 is 0.464 bits per heavy atom. The van der Waals surface area contributed by atoms with Crippen molar-refractivity contribution in [3.05, 3.63) is 59.2 Å². The Morgan fingerprint density at radius 2 is 0.696 bits per heavy atom. The van der Waals surface area contributed by atoms with Gasteiger partial charge in [0.25, 0.3) is 0 Å². The summed E-state index contributed by atoms with van der Waals surface area (Å²) in [5.74, 6) is 1.26. The van der Waals surface area contributed by atoms with Crippen molar-refractivity contribution < 1.29 is 37.4 Å². The predicted molar refractivity (Wildman–Crippen MR) is 268 cm³/mol. The van der Waals surface area contributed by atoms with Gasteiger partial charge in [0, 0.05) is 56.2 Å². The van der Waals surface area contributed by atoms with Gasteiger partial charge < -0.3 is 24.4 Å². The van der Waals surface area contributed by atoms with Gasteiger partial charge in [-0.15, -0.1) is 22.7 Å². The molecule has 0 saturated carbocycles. The van der Waals surface area contributed by atoms with E-state index in [1.165, 1.54) is 47.0 Å². The molecule has 0 saturated heterocycles. The smallest absolute Gasteiger partial charge is 1.00 e. The molecule has 2 aromatic rings. The maximum atomic E-state index is 3.68. The van der Waals surface area contributed by atoms with Crippen molar-refractivity contribution in [1.29, 1.82) is 0 Å². The Labute approximate surface area is 410 Å². The average molecular weight is 1080 g/mol. The molecule has 2 atom stereocenters. The molecule has 2 aromatic heterocycles. The first-order valence-corrected chi connectivity index (χ1v) is 24.8. The van der Waals surface area contributed by atoms with Crippen LogP contribution in [0.1, 0.15) is 214 Å². The fraction of sp³-hybridized carbons (Fsp3) is 0.729. The Kier molecular flexibility index (Phi) is 26.8. The Morgan fingerprint density at radius 3 is 0.911 bits per heavy atom. The second-order valence-electron chi connectivity index (χ2n) is 21.5. The van der Waals surface area contributed by atoms with Crippen molar-refractivity contribution in [2.45, 2.75) is 230 Å². The Hall–Kier alpha value is 2.13.